The molecule has 1 aromatic rings. The van der Waals surface area contributed by atoms with Crippen LogP contribution in [0.2, 0.25) is 0 Å². The van der Waals surface area contributed by atoms with Gasteiger partial charge >= 0.3 is 0 Å². The summed E-state index contributed by atoms with van der Waals surface area (Å²) in [6, 6.07) is 1.69. The van der Waals surface area contributed by atoms with Gasteiger partial charge < -0.3 is 15.8 Å². The van der Waals surface area contributed by atoms with Crippen LogP contribution in [0, 0.1) is 6.92 Å². The number of aromatic amines is 1. The molecule has 0 aliphatic rings. The lowest BCUT2D eigenvalue weighted by molar-refractivity contribution is 0.209. The molecule has 0 amide bonds. The Kier molecular flexibility index (Phi) is 2.54. The number of hydrogen-bond donors (Lipinski definition) is 3. The van der Waals surface area contributed by atoms with Gasteiger partial charge in [0.1, 0.15) is 0 Å². The van der Waals surface area contributed by atoms with Crippen LogP contribution in [0.3, 0.4) is 0 Å². The Morgan fingerprint density at radius 3 is 2.77 bits per heavy atom. The molecule has 0 saturated carbocycles. The molecule has 13 heavy (non-hydrogen) atoms. The van der Waals surface area contributed by atoms with Crippen LogP contribution >= 0.6 is 0 Å². The lowest BCUT2D eigenvalue weighted by atomic mass is 9.95. The molecule has 0 bridgehead atoms. The Morgan fingerprint density at radius 1 is 1.69 bits per heavy atom. The lowest BCUT2D eigenvalue weighted by Crippen LogP contribution is -2.37. The van der Waals surface area contributed by atoms with Crippen molar-refractivity contribution in [3.8, 4) is 0 Å². The van der Waals surface area contributed by atoms with Gasteiger partial charge in [-0.15, -0.1) is 0 Å². The minimum absolute atomic E-state index is 0.127. The van der Waals surface area contributed by atoms with Crippen molar-refractivity contribution in [1.29, 1.82) is 0 Å². The molecule has 0 spiro atoms. The first kappa shape index (κ1) is 9.95. The highest BCUT2D eigenvalue weighted by Crippen LogP contribution is 2.15. The van der Waals surface area contributed by atoms with Gasteiger partial charge in [-0.25, -0.2) is 0 Å². The average Bonchev–Trinajstić information content (AvgIpc) is 2.09. The maximum absolute atomic E-state index is 11.0. The summed E-state index contributed by atoms with van der Waals surface area (Å²) in [5.41, 5.74) is 6.19. The van der Waals surface area contributed by atoms with Crippen molar-refractivity contribution in [3.63, 3.8) is 0 Å². The van der Waals surface area contributed by atoms with Crippen molar-refractivity contribution in [2.75, 3.05) is 6.61 Å². The molecule has 0 aliphatic heterocycles. The molecule has 4 nitrogen and oxygen atoms in total. The Labute approximate surface area is 76.4 Å². The first-order valence-corrected chi connectivity index (χ1v) is 4.07. The highest BCUT2D eigenvalue weighted by molar-refractivity contribution is 5.23. The molecule has 0 saturated heterocycles. The van der Waals surface area contributed by atoms with E-state index >= 15 is 0 Å². The van der Waals surface area contributed by atoms with Crippen LogP contribution in [0.15, 0.2) is 17.1 Å². The second-order valence-electron chi connectivity index (χ2n) is 3.48. The van der Waals surface area contributed by atoms with Gasteiger partial charge in [0.2, 0.25) is 0 Å². The average molecular weight is 182 g/mol. The van der Waals surface area contributed by atoms with Crippen LogP contribution in [0.1, 0.15) is 18.1 Å². The van der Waals surface area contributed by atoms with E-state index in [9.17, 15) is 4.79 Å². The highest BCUT2D eigenvalue weighted by Gasteiger charge is 2.20. The number of aryl methyl sites for hydroxylation is 1. The molecule has 72 valence electrons. The first-order valence-electron chi connectivity index (χ1n) is 4.07. The maximum atomic E-state index is 11.0. The van der Waals surface area contributed by atoms with Crippen molar-refractivity contribution in [2.45, 2.75) is 19.4 Å². The third kappa shape index (κ3) is 1.96. The number of pyridine rings is 1. The smallest absolute Gasteiger partial charge is 0.250 e. The minimum Gasteiger partial charge on any atom is -0.394 e. The summed E-state index contributed by atoms with van der Waals surface area (Å²) < 4.78 is 0. The molecule has 1 heterocycles. The number of aliphatic hydroxyl groups is 1. The molecule has 1 atom stereocenters. The van der Waals surface area contributed by atoms with Crippen molar-refractivity contribution in [3.05, 3.63) is 33.7 Å². The largest absolute Gasteiger partial charge is 0.394 e. The third-order valence-corrected chi connectivity index (χ3v) is 2.08. The van der Waals surface area contributed by atoms with Crippen LogP contribution in [-0.4, -0.2) is 16.7 Å². The number of aliphatic hydroxyl groups excluding tert-OH is 1. The van der Waals surface area contributed by atoms with Gasteiger partial charge in [-0.05, 0) is 25.5 Å². The van der Waals surface area contributed by atoms with E-state index in [0.29, 0.717) is 5.56 Å². The normalized spacial score (nSPS) is 15.4. The molecular weight excluding hydrogens is 168 g/mol. The molecular formula is C9H14N2O2. The molecule has 0 radical (unpaired) electrons. The topological polar surface area (TPSA) is 79.1 Å². The third-order valence-electron chi connectivity index (χ3n) is 2.08. The Morgan fingerprint density at radius 2 is 2.31 bits per heavy atom. The van der Waals surface area contributed by atoms with Crippen molar-refractivity contribution in [1.82, 2.24) is 4.98 Å². The Hall–Kier alpha value is -1.13. The van der Waals surface area contributed by atoms with E-state index < -0.39 is 5.54 Å². The fourth-order valence-corrected chi connectivity index (χ4v) is 1.02. The SMILES string of the molecule is Cc1cc([C@](C)(N)CO)c[nH]c1=O. The molecule has 1 aromatic heterocycles. The Bertz CT molecular complexity index is 355. The predicted molar refractivity (Wildman–Crippen MR) is 50.4 cm³/mol. The van der Waals surface area contributed by atoms with E-state index in [1.165, 1.54) is 6.20 Å². The van der Waals surface area contributed by atoms with Crippen LogP contribution in [0.4, 0.5) is 0 Å². The van der Waals surface area contributed by atoms with Crippen molar-refractivity contribution < 1.29 is 5.11 Å². The summed E-state index contributed by atoms with van der Waals surface area (Å²) in [5.74, 6) is 0. The van der Waals surface area contributed by atoms with Gasteiger partial charge in [0.05, 0.1) is 12.1 Å². The minimum atomic E-state index is -0.797. The van der Waals surface area contributed by atoms with Gasteiger partial charge in [-0.1, -0.05) is 0 Å². The fourth-order valence-electron chi connectivity index (χ4n) is 1.02. The van der Waals surface area contributed by atoms with E-state index in [1.807, 2.05) is 0 Å². The Balaban J connectivity index is 3.18. The summed E-state index contributed by atoms with van der Waals surface area (Å²) in [5, 5.41) is 8.99. The zero-order chi connectivity index (χ0) is 10.1. The quantitative estimate of drug-likeness (QED) is 0.595. The van der Waals surface area contributed by atoms with Crippen molar-refractivity contribution >= 4 is 0 Å². The summed E-state index contributed by atoms with van der Waals surface area (Å²) in [4.78, 5) is 13.6. The van der Waals surface area contributed by atoms with E-state index in [1.54, 1.807) is 19.9 Å². The molecule has 0 fully saturated rings. The van der Waals surface area contributed by atoms with Gasteiger partial charge in [0.15, 0.2) is 0 Å². The number of H-pyrrole nitrogens is 1. The highest BCUT2D eigenvalue weighted by atomic mass is 16.3. The molecule has 4 heteroatoms. The van der Waals surface area contributed by atoms with Gasteiger partial charge in [-0.3, -0.25) is 4.79 Å². The van der Waals surface area contributed by atoms with Gasteiger partial charge in [-0.2, -0.15) is 0 Å². The molecule has 1 rings (SSSR count). The molecule has 0 aromatic carbocycles. The monoisotopic (exact) mass is 182 g/mol. The number of nitrogens with one attached hydrogen (secondary N) is 1. The van der Waals surface area contributed by atoms with Crippen LogP contribution in [-0.2, 0) is 5.54 Å². The second kappa shape index (κ2) is 3.32. The second-order valence-corrected chi connectivity index (χ2v) is 3.48. The van der Waals surface area contributed by atoms with Crippen molar-refractivity contribution in [2.24, 2.45) is 5.73 Å². The zero-order valence-corrected chi connectivity index (χ0v) is 7.79. The summed E-state index contributed by atoms with van der Waals surface area (Å²) in [7, 11) is 0. The van der Waals surface area contributed by atoms with E-state index in [2.05, 4.69) is 4.98 Å². The van der Waals surface area contributed by atoms with Crippen LogP contribution in [0.5, 0.6) is 0 Å². The van der Waals surface area contributed by atoms with E-state index in [-0.39, 0.29) is 12.2 Å². The fraction of sp³-hybridized carbons (Fsp3) is 0.444. The molecule has 0 aliphatic carbocycles. The van der Waals surface area contributed by atoms with E-state index in [4.69, 9.17) is 10.8 Å². The first-order chi connectivity index (χ1) is 5.97. The van der Waals surface area contributed by atoms with Gasteiger partial charge in [0, 0.05) is 11.8 Å². The number of nitrogens with two attached hydrogens (primary N) is 1. The van der Waals surface area contributed by atoms with Crippen LogP contribution < -0.4 is 11.3 Å². The van der Waals surface area contributed by atoms with E-state index in [0.717, 1.165) is 5.56 Å². The summed E-state index contributed by atoms with van der Waals surface area (Å²) in [6.45, 7) is 3.26. The maximum Gasteiger partial charge on any atom is 0.250 e. The predicted octanol–water partition coefficient (Wildman–Crippen LogP) is -0.150. The lowest BCUT2D eigenvalue weighted by Gasteiger charge is -2.21. The summed E-state index contributed by atoms with van der Waals surface area (Å²) in [6.07, 6.45) is 1.53. The standard InChI is InChI=1S/C9H14N2O2/c1-6-3-7(4-11-8(6)13)9(2,10)5-12/h3-4,12H,5,10H2,1-2H3,(H,11,13)/t9-/m1/s1. The summed E-state index contributed by atoms with van der Waals surface area (Å²) >= 11 is 0. The number of aromatic nitrogens is 1. The van der Waals surface area contributed by atoms with Gasteiger partial charge in [0.25, 0.3) is 5.56 Å². The van der Waals surface area contributed by atoms with Crippen LogP contribution in [0.25, 0.3) is 0 Å². The number of rotatable bonds is 2. The zero-order valence-electron chi connectivity index (χ0n) is 7.79. The number of hydrogen-bond acceptors (Lipinski definition) is 3. The molecule has 0 unspecified atom stereocenters. The molecule has 4 N–H and O–H groups in total.